The van der Waals surface area contributed by atoms with Gasteiger partial charge in [-0.25, -0.2) is 0 Å². The third kappa shape index (κ3) is 10.4. The number of aliphatic hydroxyl groups is 1. The second kappa shape index (κ2) is 5.99. The molecule has 0 radical (unpaired) electrons. The van der Waals surface area contributed by atoms with Crippen molar-refractivity contribution in [3.05, 3.63) is 12.3 Å². The van der Waals surface area contributed by atoms with Crippen LogP contribution in [0.4, 0.5) is 0 Å². The quantitative estimate of drug-likeness (QED) is 0.429. The molecular weight excluding hydrogens is 206 g/mol. The molecule has 66 valence electrons. The number of unbranched alkanes of at least 4 members (excludes halogenated alkanes) is 2. The normalized spacial score (nSPS) is 12.6. The largest absolute Gasteiger partial charge is 0.516 e. The van der Waals surface area contributed by atoms with Crippen LogP contribution in [-0.2, 0) is 0 Å². The fourth-order valence-corrected chi connectivity index (χ4v) is 1.06. The summed E-state index contributed by atoms with van der Waals surface area (Å²) in [5.74, 6) is 0. The van der Waals surface area contributed by atoms with E-state index in [1.54, 1.807) is 6.08 Å². The van der Waals surface area contributed by atoms with Gasteiger partial charge < -0.3 is 5.11 Å². The summed E-state index contributed by atoms with van der Waals surface area (Å²) in [5, 5.41) is 8.27. The van der Waals surface area contributed by atoms with E-state index >= 15 is 0 Å². The highest BCUT2D eigenvalue weighted by Crippen LogP contribution is 2.31. The number of rotatable bonds is 4. The van der Waals surface area contributed by atoms with Crippen LogP contribution in [0.5, 0.6) is 0 Å². The molecule has 0 amide bonds. The monoisotopic (exact) mass is 216 g/mol. The first-order valence-corrected chi connectivity index (χ1v) is 4.55. The molecule has 11 heavy (non-hydrogen) atoms. The fraction of sp³-hybridized carbons (Fsp3) is 0.714. The molecule has 0 aromatic heterocycles. The topological polar surface area (TPSA) is 20.2 Å². The number of allylic oxidation sites excluding steroid dienone is 1. The summed E-state index contributed by atoms with van der Waals surface area (Å²) in [5.41, 5.74) is 0. The summed E-state index contributed by atoms with van der Waals surface area (Å²) >= 11 is 16.5. The van der Waals surface area contributed by atoms with E-state index in [4.69, 9.17) is 39.9 Å². The zero-order valence-electron chi connectivity index (χ0n) is 6.06. The summed E-state index contributed by atoms with van der Waals surface area (Å²) in [6.07, 6.45) is 5.91. The molecule has 0 aliphatic carbocycles. The van der Waals surface area contributed by atoms with Gasteiger partial charge in [0.05, 0.1) is 6.26 Å². The fourth-order valence-electron chi connectivity index (χ4n) is 0.662. The molecule has 0 saturated heterocycles. The molecule has 0 unspecified atom stereocenters. The molecule has 1 nitrogen and oxygen atoms in total. The van der Waals surface area contributed by atoms with E-state index in [1.165, 1.54) is 0 Å². The Balaban J connectivity index is 3.15. The van der Waals surface area contributed by atoms with E-state index in [0.29, 0.717) is 6.42 Å². The van der Waals surface area contributed by atoms with Crippen LogP contribution in [0.15, 0.2) is 12.3 Å². The molecule has 0 heterocycles. The highest BCUT2D eigenvalue weighted by Gasteiger charge is 2.17. The standard InChI is InChI=1S/C7H11Cl3O/c8-7(9,10)5-3-1-2-4-6-11/h4,6,11H,1-3,5H2. The maximum absolute atomic E-state index is 8.27. The number of hydrogen-bond donors (Lipinski definition) is 1. The molecule has 0 aliphatic heterocycles. The number of hydrogen-bond acceptors (Lipinski definition) is 1. The van der Waals surface area contributed by atoms with E-state index in [9.17, 15) is 0 Å². The minimum atomic E-state index is -1.12. The van der Waals surface area contributed by atoms with Crippen LogP contribution in [0, 0.1) is 0 Å². The van der Waals surface area contributed by atoms with Gasteiger partial charge in [0.15, 0.2) is 3.79 Å². The number of alkyl halides is 3. The van der Waals surface area contributed by atoms with Crippen LogP contribution in [-0.4, -0.2) is 8.90 Å². The SMILES string of the molecule is OC=CCCCCC(Cl)(Cl)Cl. The second-order valence-electron chi connectivity index (χ2n) is 2.25. The van der Waals surface area contributed by atoms with Crippen molar-refractivity contribution in [1.82, 2.24) is 0 Å². The number of aliphatic hydroxyl groups excluding tert-OH is 1. The predicted molar refractivity (Wildman–Crippen MR) is 50.5 cm³/mol. The first-order chi connectivity index (χ1) is 5.06. The average Bonchev–Trinajstić information content (AvgIpc) is 1.85. The summed E-state index contributed by atoms with van der Waals surface area (Å²) < 4.78 is -1.12. The van der Waals surface area contributed by atoms with Gasteiger partial charge in [0.2, 0.25) is 0 Å². The molecule has 0 atom stereocenters. The van der Waals surface area contributed by atoms with Gasteiger partial charge in [-0.05, 0) is 25.7 Å². The Hall–Kier alpha value is 0.410. The lowest BCUT2D eigenvalue weighted by Crippen LogP contribution is -2.00. The molecule has 0 rings (SSSR count). The van der Waals surface area contributed by atoms with Gasteiger partial charge in [0.1, 0.15) is 0 Å². The lowest BCUT2D eigenvalue weighted by Gasteiger charge is -2.08. The molecule has 0 fully saturated rings. The highest BCUT2D eigenvalue weighted by molar-refractivity contribution is 6.67. The van der Waals surface area contributed by atoms with E-state index in [2.05, 4.69) is 0 Å². The molecule has 0 bridgehead atoms. The maximum atomic E-state index is 8.27. The van der Waals surface area contributed by atoms with Crippen LogP contribution in [0.25, 0.3) is 0 Å². The molecule has 1 N–H and O–H groups in total. The Kier molecular flexibility index (Phi) is 6.21. The predicted octanol–water partition coefficient (Wildman–Crippen LogP) is 3.99. The zero-order valence-corrected chi connectivity index (χ0v) is 8.33. The van der Waals surface area contributed by atoms with Gasteiger partial charge in [-0.3, -0.25) is 0 Å². The van der Waals surface area contributed by atoms with E-state index < -0.39 is 3.79 Å². The zero-order chi connectivity index (χ0) is 8.74. The molecule has 0 spiro atoms. The van der Waals surface area contributed by atoms with E-state index in [1.807, 2.05) is 0 Å². The Morgan fingerprint density at radius 1 is 1.18 bits per heavy atom. The lowest BCUT2D eigenvalue weighted by atomic mass is 10.2. The van der Waals surface area contributed by atoms with Crippen molar-refractivity contribution >= 4 is 34.8 Å². The van der Waals surface area contributed by atoms with Crippen molar-refractivity contribution in [1.29, 1.82) is 0 Å². The van der Waals surface area contributed by atoms with Crippen LogP contribution in [0.3, 0.4) is 0 Å². The average molecular weight is 218 g/mol. The molecular formula is C7H11Cl3O. The second-order valence-corrected chi connectivity index (χ2v) is 4.76. The van der Waals surface area contributed by atoms with Crippen LogP contribution in [0.2, 0.25) is 0 Å². The first-order valence-electron chi connectivity index (χ1n) is 3.42. The van der Waals surface area contributed by atoms with Crippen LogP contribution in [0.1, 0.15) is 25.7 Å². The van der Waals surface area contributed by atoms with Gasteiger partial charge >= 0.3 is 0 Å². The minimum Gasteiger partial charge on any atom is -0.516 e. The van der Waals surface area contributed by atoms with Gasteiger partial charge in [-0.1, -0.05) is 40.9 Å². The van der Waals surface area contributed by atoms with E-state index in [-0.39, 0.29) is 0 Å². The van der Waals surface area contributed by atoms with Crippen molar-refractivity contribution in [3.63, 3.8) is 0 Å². The Morgan fingerprint density at radius 2 is 1.82 bits per heavy atom. The van der Waals surface area contributed by atoms with Crippen LogP contribution >= 0.6 is 34.8 Å². The van der Waals surface area contributed by atoms with Gasteiger partial charge in [0.25, 0.3) is 0 Å². The highest BCUT2D eigenvalue weighted by atomic mass is 35.6. The molecule has 0 aromatic carbocycles. The van der Waals surface area contributed by atoms with E-state index in [0.717, 1.165) is 25.5 Å². The van der Waals surface area contributed by atoms with Gasteiger partial charge in [0, 0.05) is 0 Å². The summed E-state index contributed by atoms with van der Waals surface area (Å²) in [4.78, 5) is 0. The van der Waals surface area contributed by atoms with Crippen molar-refractivity contribution in [2.24, 2.45) is 0 Å². The molecule has 0 aromatic rings. The summed E-state index contributed by atoms with van der Waals surface area (Å²) in [6, 6.07) is 0. The van der Waals surface area contributed by atoms with Crippen molar-refractivity contribution in [2.75, 3.05) is 0 Å². The third-order valence-electron chi connectivity index (χ3n) is 1.19. The Bertz CT molecular complexity index is 117. The summed E-state index contributed by atoms with van der Waals surface area (Å²) in [7, 11) is 0. The Labute approximate surface area is 81.9 Å². The van der Waals surface area contributed by atoms with Crippen molar-refractivity contribution in [2.45, 2.75) is 29.5 Å². The van der Waals surface area contributed by atoms with Gasteiger partial charge in [-0.15, -0.1) is 0 Å². The first kappa shape index (κ1) is 11.4. The van der Waals surface area contributed by atoms with Gasteiger partial charge in [-0.2, -0.15) is 0 Å². The lowest BCUT2D eigenvalue weighted by molar-refractivity contribution is 0.470. The van der Waals surface area contributed by atoms with Crippen molar-refractivity contribution < 1.29 is 5.11 Å². The maximum Gasteiger partial charge on any atom is 0.190 e. The molecule has 0 saturated carbocycles. The number of halogens is 3. The summed E-state index contributed by atoms with van der Waals surface area (Å²) in [6.45, 7) is 0. The molecule has 4 heteroatoms. The van der Waals surface area contributed by atoms with Crippen molar-refractivity contribution in [3.8, 4) is 0 Å². The third-order valence-corrected chi connectivity index (χ3v) is 1.75. The Morgan fingerprint density at radius 3 is 2.27 bits per heavy atom. The van der Waals surface area contributed by atoms with Crippen LogP contribution < -0.4 is 0 Å². The minimum absolute atomic E-state index is 0.566. The smallest absolute Gasteiger partial charge is 0.190 e. The molecule has 0 aliphatic rings.